The van der Waals surface area contributed by atoms with Crippen LogP contribution in [0.4, 0.5) is 8.78 Å². The SMILES string of the molecule is CCC(C(=O)Cc1ccc(C(=O)O)cc1)n1cc(OC)c(-c2cc(Cl)ccc2-n2cc(C(F)F)nn2)cc1=O. The van der Waals surface area contributed by atoms with E-state index in [1.165, 1.54) is 36.1 Å². The van der Waals surface area contributed by atoms with E-state index in [9.17, 15) is 23.2 Å². The maximum atomic E-state index is 13.3. The number of carbonyl (C=O) groups excluding carboxylic acids is 1. The van der Waals surface area contributed by atoms with Crippen LogP contribution >= 0.6 is 11.6 Å². The van der Waals surface area contributed by atoms with Crippen molar-refractivity contribution in [2.24, 2.45) is 0 Å². The first kappa shape index (κ1) is 27.6. The maximum absolute atomic E-state index is 13.3. The van der Waals surface area contributed by atoms with Crippen LogP contribution in [0.3, 0.4) is 0 Å². The molecule has 0 bridgehead atoms. The molecule has 2 heterocycles. The highest BCUT2D eigenvalue weighted by molar-refractivity contribution is 6.31. The number of hydrogen-bond acceptors (Lipinski definition) is 6. The molecule has 1 unspecified atom stereocenters. The lowest BCUT2D eigenvalue weighted by Gasteiger charge is -2.20. The summed E-state index contributed by atoms with van der Waals surface area (Å²) in [5.41, 5.74) is 0.739. The number of hydrogen-bond donors (Lipinski definition) is 1. The second kappa shape index (κ2) is 11.6. The summed E-state index contributed by atoms with van der Waals surface area (Å²) in [6.45, 7) is 1.77. The Morgan fingerprint density at radius 2 is 1.79 bits per heavy atom. The van der Waals surface area contributed by atoms with Crippen LogP contribution in [-0.2, 0) is 11.2 Å². The van der Waals surface area contributed by atoms with Crippen molar-refractivity contribution in [2.45, 2.75) is 32.2 Å². The molecule has 0 aliphatic heterocycles. The number of carbonyl (C=O) groups is 2. The van der Waals surface area contributed by atoms with Gasteiger partial charge in [-0.3, -0.25) is 9.59 Å². The Kier molecular flexibility index (Phi) is 8.20. The Balaban J connectivity index is 1.73. The number of aromatic carboxylic acids is 1. The topological polar surface area (TPSA) is 116 Å². The normalized spacial score (nSPS) is 11.9. The number of carboxylic acids is 1. The number of Topliss-reactive ketones (excluding diaryl/α,β-unsaturated/α-hetero) is 1. The van der Waals surface area contributed by atoms with Gasteiger partial charge >= 0.3 is 5.97 Å². The van der Waals surface area contributed by atoms with Gasteiger partial charge in [-0.15, -0.1) is 5.10 Å². The van der Waals surface area contributed by atoms with Crippen LogP contribution in [-0.4, -0.2) is 43.5 Å². The number of methoxy groups -OCH3 is 1. The average Bonchev–Trinajstić information content (AvgIpc) is 3.40. The van der Waals surface area contributed by atoms with Crippen LogP contribution in [0.25, 0.3) is 16.8 Å². The third-order valence-electron chi connectivity index (χ3n) is 6.17. The van der Waals surface area contributed by atoms with Crippen molar-refractivity contribution in [3.63, 3.8) is 0 Å². The highest BCUT2D eigenvalue weighted by atomic mass is 35.5. The summed E-state index contributed by atoms with van der Waals surface area (Å²) in [5.74, 6) is -1.08. The maximum Gasteiger partial charge on any atom is 0.335 e. The minimum absolute atomic E-state index is 0.00781. The van der Waals surface area contributed by atoms with E-state index in [1.54, 1.807) is 37.3 Å². The van der Waals surface area contributed by atoms with Gasteiger partial charge in [0.2, 0.25) is 0 Å². The number of nitrogens with zero attached hydrogens (tertiary/aromatic N) is 4. The third-order valence-corrected chi connectivity index (χ3v) is 6.40. The van der Waals surface area contributed by atoms with Crippen LogP contribution < -0.4 is 10.3 Å². The minimum atomic E-state index is -2.81. The molecule has 0 aliphatic rings. The Bertz CT molecular complexity index is 1580. The fourth-order valence-electron chi connectivity index (χ4n) is 4.23. The monoisotopic (exact) mass is 556 g/mol. The molecule has 0 saturated heterocycles. The average molecular weight is 557 g/mol. The number of halogens is 3. The summed E-state index contributed by atoms with van der Waals surface area (Å²) in [6, 6.07) is 11.1. The van der Waals surface area contributed by atoms with Gasteiger partial charge in [-0.25, -0.2) is 18.3 Å². The molecule has 202 valence electrons. The number of rotatable bonds is 10. The molecule has 0 aliphatic carbocycles. The predicted octanol–water partition coefficient (Wildman–Crippen LogP) is 5.16. The number of alkyl halides is 2. The highest BCUT2D eigenvalue weighted by Gasteiger charge is 2.24. The molecule has 0 fully saturated rings. The van der Waals surface area contributed by atoms with Crippen molar-refractivity contribution in [1.82, 2.24) is 19.6 Å². The lowest BCUT2D eigenvalue weighted by molar-refractivity contribution is -0.121. The number of aromatic nitrogens is 4. The molecule has 12 heteroatoms. The lowest BCUT2D eigenvalue weighted by atomic mass is 9.99. The van der Waals surface area contributed by atoms with Gasteiger partial charge in [0.25, 0.3) is 12.0 Å². The molecule has 0 spiro atoms. The molecule has 4 rings (SSSR count). The lowest BCUT2D eigenvalue weighted by Crippen LogP contribution is -2.30. The number of pyridine rings is 1. The molecule has 9 nitrogen and oxygen atoms in total. The number of carboxylic acid groups (broad SMARTS) is 1. The van der Waals surface area contributed by atoms with E-state index < -0.39 is 29.7 Å². The molecular weight excluding hydrogens is 534 g/mol. The molecular formula is C27H23ClF2N4O5. The quantitative estimate of drug-likeness (QED) is 0.287. The van der Waals surface area contributed by atoms with E-state index in [4.69, 9.17) is 21.4 Å². The minimum Gasteiger partial charge on any atom is -0.495 e. The van der Waals surface area contributed by atoms with E-state index >= 15 is 0 Å². The first-order valence-corrected chi connectivity index (χ1v) is 12.2. The fraction of sp³-hybridized carbons (Fsp3) is 0.222. The molecule has 0 saturated carbocycles. The molecule has 2 aromatic heterocycles. The summed E-state index contributed by atoms with van der Waals surface area (Å²) in [4.78, 5) is 37.6. The largest absolute Gasteiger partial charge is 0.495 e. The second-order valence-electron chi connectivity index (χ2n) is 8.62. The molecule has 39 heavy (non-hydrogen) atoms. The molecule has 1 N–H and O–H groups in total. The Labute approximate surface area is 226 Å². The third kappa shape index (κ3) is 5.88. The van der Waals surface area contributed by atoms with Crippen LogP contribution in [0, 0.1) is 0 Å². The van der Waals surface area contributed by atoms with Crippen LogP contribution in [0.1, 0.15) is 47.4 Å². The Hall–Kier alpha value is -4.38. The van der Waals surface area contributed by atoms with Gasteiger partial charge in [-0.2, -0.15) is 0 Å². The van der Waals surface area contributed by atoms with Gasteiger partial charge in [-0.1, -0.05) is 35.9 Å². The zero-order chi connectivity index (χ0) is 28.3. The predicted molar refractivity (Wildman–Crippen MR) is 139 cm³/mol. The Morgan fingerprint density at radius 3 is 2.38 bits per heavy atom. The summed E-state index contributed by atoms with van der Waals surface area (Å²) < 4.78 is 34.2. The van der Waals surface area contributed by atoms with Gasteiger partial charge < -0.3 is 14.4 Å². The van der Waals surface area contributed by atoms with Crippen LogP contribution in [0.5, 0.6) is 5.75 Å². The second-order valence-corrected chi connectivity index (χ2v) is 9.06. The molecule has 4 aromatic rings. The van der Waals surface area contributed by atoms with E-state index in [2.05, 4.69) is 10.3 Å². The van der Waals surface area contributed by atoms with Crippen molar-refractivity contribution in [3.05, 3.63) is 93.1 Å². The van der Waals surface area contributed by atoms with Crippen molar-refractivity contribution >= 4 is 23.4 Å². The highest BCUT2D eigenvalue weighted by Crippen LogP contribution is 2.35. The van der Waals surface area contributed by atoms with Gasteiger partial charge in [-0.05, 0) is 42.3 Å². The van der Waals surface area contributed by atoms with Crippen LogP contribution in [0.2, 0.25) is 5.02 Å². The van der Waals surface area contributed by atoms with Crippen molar-refractivity contribution in [3.8, 4) is 22.6 Å². The van der Waals surface area contributed by atoms with Crippen molar-refractivity contribution in [2.75, 3.05) is 7.11 Å². The summed E-state index contributed by atoms with van der Waals surface area (Å²) in [7, 11) is 1.40. The first-order valence-electron chi connectivity index (χ1n) is 11.8. The summed E-state index contributed by atoms with van der Waals surface area (Å²) in [5, 5.41) is 16.7. The van der Waals surface area contributed by atoms with E-state index in [-0.39, 0.29) is 23.5 Å². The standard InChI is InChI=1S/C27H23ClF2N4O5/c1-3-21(23(35)10-15-4-6-16(7-5-15)27(37)38)33-14-24(39-2)19(12-25(33)36)18-11-17(28)8-9-22(18)34-13-20(26(29)30)31-32-34/h4-9,11-14,21,26H,3,10H2,1-2H3,(H,37,38). The van der Waals surface area contributed by atoms with E-state index in [0.717, 1.165) is 10.9 Å². The van der Waals surface area contributed by atoms with Crippen molar-refractivity contribution in [1.29, 1.82) is 0 Å². The number of benzene rings is 2. The summed E-state index contributed by atoms with van der Waals surface area (Å²) in [6.07, 6.45) is -0.00174. The molecule has 0 radical (unpaired) electrons. The molecule has 0 amide bonds. The molecule has 2 aromatic carbocycles. The van der Waals surface area contributed by atoms with Crippen molar-refractivity contribution < 1.29 is 28.2 Å². The fourth-order valence-corrected chi connectivity index (χ4v) is 4.40. The first-order chi connectivity index (χ1) is 18.6. The van der Waals surface area contributed by atoms with Crippen LogP contribution in [0.15, 0.2) is 65.7 Å². The number of ketones is 1. The summed E-state index contributed by atoms with van der Waals surface area (Å²) >= 11 is 6.23. The van der Waals surface area contributed by atoms with E-state index in [0.29, 0.717) is 33.8 Å². The van der Waals surface area contributed by atoms with Gasteiger partial charge in [0.15, 0.2) is 5.78 Å². The smallest absolute Gasteiger partial charge is 0.335 e. The molecule has 1 atom stereocenters. The van der Waals surface area contributed by atoms with Gasteiger partial charge in [0, 0.05) is 28.6 Å². The zero-order valence-electron chi connectivity index (χ0n) is 20.8. The zero-order valence-corrected chi connectivity index (χ0v) is 21.6. The number of ether oxygens (including phenoxy) is 1. The Morgan fingerprint density at radius 1 is 1.08 bits per heavy atom. The van der Waals surface area contributed by atoms with Gasteiger partial charge in [0.05, 0.1) is 36.8 Å². The van der Waals surface area contributed by atoms with Gasteiger partial charge in [0.1, 0.15) is 11.4 Å². The van der Waals surface area contributed by atoms with E-state index in [1.807, 2.05) is 0 Å².